The van der Waals surface area contributed by atoms with Gasteiger partial charge in [0, 0.05) is 13.1 Å². The minimum Gasteiger partial charge on any atom is -0.255 e. The first-order chi connectivity index (χ1) is 11.8. The number of benzene rings is 1. The molecule has 0 aliphatic carbocycles. The van der Waals surface area contributed by atoms with E-state index in [0.29, 0.717) is 5.69 Å². The summed E-state index contributed by atoms with van der Waals surface area (Å²) in [6.07, 6.45) is 3.04. The predicted molar refractivity (Wildman–Crippen MR) is 93.1 cm³/mol. The molecule has 0 spiro atoms. The van der Waals surface area contributed by atoms with Crippen LogP contribution < -0.4 is 4.72 Å². The number of rotatable bonds is 5. The van der Waals surface area contributed by atoms with E-state index >= 15 is 0 Å². The summed E-state index contributed by atoms with van der Waals surface area (Å²) in [6.45, 7) is 3.37. The second-order valence-electron chi connectivity index (χ2n) is 5.60. The number of sulfonamides is 1. The predicted octanol–water partition coefficient (Wildman–Crippen LogP) is 2.00. The Morgan fingerprint density at radius 2 is 1.92 bits per heavy atom. The van der Waals surface area contributed by atoms with Gasteiger partial charge in [-0.25, -0.2) is 22.8 Å². The van der Waals surface area contributed by atoms with Gasteiger partial charge in [0.2, 0.25) is 10.0 Å². The monoisotopic (exact) mass is 380 g/mol. The van der Waals surface area contributed by atoms with Crippen LogP contribution in [0.4, 0.5) is 0 Å². The van der Waals surface area contributed by atoms with Crippen LogP contribution >= 0.6 is 11.6 Å². The lowest BCUT2D eigenvalue weighted by Crippen LogP contribution is -2.27. The topological polar surface area (TPSA) is 94.7 Å². The van der Waals surface area contributed by atoms with Crippen molar-refractivity contribution in [2.45, 2.75) is 24.8 Å². The molecular formula is C15H17ClN6O2S. The SMILES string of the molecule is Cc1nn(C)c(Cl)c1S(=O)(=O)NC(C)c1ccc(-n2cncn2)cc1. The Hall–Kier alpha value is -2.23. The molecule has 1 aromatic carbocycles. The molecule has 0 aliphatic heterocycles. The average molecular weight is 381 g/mol. The van der Waals surface area contributed by atoms with Crippen LogP contribution in [0.3, 0.4) is 0 Å². The molecule has 1 N–H and O–H groups in total. The fraction of sp³-hybridized carbons (Fsp3) is 0.267. The first-order valence-corrected chi connectivity index (χ1v) is 9.32. The minimum absolute atomic E-state index is 0.00255. The van der Waals surface area contributed by atoms with Gasteiger partial charge in [-0.15, -0.1) is 0 Å². The van der Waals surface area contributed by atoms with Gasteiger partial charge in [-0.05, 0) is 31.5 Å². The summed E-state index contributed by atoms with van der Waals surface area (Å²) in [4.78, 5) is 3.90. The van der Waals surface area contributed by atoms with Gasteiger partial charge in [0.25, 0.3) is 0 Å². The molecule has 25 heavy (non-hydrogen) atoms. The largest absolute Gasteiger partial charge is 0.255 e. The molecule has 132 valence electrons. The summed E-state index contributed by atoms with van der Waals surface area (Å²) in [6, 6.07) is 6.92. The summed E-state index contributed by atoms with van der Waals surface area (Å²) < 4.78 is 30.9. The number of hydrogen-bond acceptors (Lipinski definition) is 5. The highest BCUT2D eigenvalue weighted by Gasteiger charge is 2.27. The van der Waals surface area contributed by atoms with Gasteiger partial charge in [0.05, 0.1) is 11.4 Å². The lowest BCUT2D eigenvalue weighted by molar-refractivity contribution is 0.566. The minimum atomic E-state index is -3.79. The van der Waals surface area contributed by atoms with E-state index in [1.54, 1.807) is 31.9 Å². The zero-order valence-corrected chi connectivity index (χ0v) is 15.5. The molecular weight excluding hydrogens is 364 g/mol. The van der Waals surface area contributed by atoms with Gasteiger partial charge in [-0.1, -0.05) is 23.7 Å². The second-order valence-corrected chi connectivity index (χ2v) is 7.61. The van der Waals surface area contributed by atoms with Crippen molar-refractivity contribution in [2.24, 2.45) is 7.05 Å². The number of aromatic nitrogens is 5. The van der Waals surface area contributed by atoms with Crippen molar-refractivity contribution in [3.63, 3.8) is 0 Å². The first kappa shape index (κ1) is 17.6. The molecule has 0 bridgehead atoms. The van der Waals surface area contributed by atoms with E-state index in [2.05, 4.69) is 19.9 Å². The standard InChI is InChI=1S/C15H17ClN6O2S/c1-10(12-4-6-13(7-5-12)22-9-17-8-18-22)20-25(23,24)14-11(2)19-21(3)15(14)16/h4-10,20H,1-3H3. The molecule has 0 amide bonds. The van der Waals surface area contributed by atoms with Crippen LogP contribution in [-0.4, -0.2) is 33.0 Å². The highest BCUT2D eigenvalue weighted by atomic mass is 35.5. The summed E-state index contributed by atoms with van der Waals surface area (Å²) in [5.41, 5.74) is 2.00. The number of aryl methyl sites for hydroxylation is 2. The Labute approximate surface area is 150 Å². The third-order valence-electron chi connectivity index (χ3n) is 3.78. The van der Waals surface area contributed by atoms with E-state index in [9.17, 15) is 8.42 Å². The van der Waals surface area contributed by atoms with Gasteiger partial charge in [-0.3, -0.25) is 4.68 Å². The number of halogens is 1. The van der Waals surface area contributed by atoms with Crippen molar-refractivity contribution in [3.8, 4) is 5.69 Å². The van der Waals surface area contributed by atoms with Crippen molar-refractivity contribution >= 4 is 21.6 Å². The van der Waals surface area contributed by atoms with E-state index in [1.807, 2.05) is 24.3 Å². The summed E-state index contributed by atoms with van der Waals surface area (Å²) >= 11 is 6.07. The van der Waals surface area contributed by atoms with Crippen LogP contribution in [0.25, 0.3) is 5.69 Å². The Balaban J connectivity index is 1.83. The van der Waals surface area contributed by atoms with Crippen LogP contribution in [0, 0.1) is 6.92 Å². The number of nitrogens with one attached hydrogen (secondary N) is 1. The molecule has 0 radical (unpaired) electrons. The quantitative estimate of drug-likeness (QED) is 0.730. The smallest absolute Gasteiger partial charge is 0.246 e. The molecule has 0 aliphatic rings. The Morgan fingerprint density at radius 1 is 1.24 bits per heavy atom. The van der Waals surface area contributed by atoms with Crippen LogP contribution in [0.5, 0.6) is 0 Å². The van der Waals surface area contributed by atoms with Gasteiger partial charge < -0.3 is 0 Å². The van der Waals surface area contributed by atoms with Gasteiger partial charge in [0.1, 0.15) is 22.7 Å². The van der Waals surface area contributed by atoms with Gasteiger partial charge in [0.15, 0.2) is 0 Å². The lowest BCUT2D eigenvalue weighted by atomic mass is 10.1. The molecule has 10 heteroatoms. The maximum Gasteiger partial charge on any atom is 0.246 e. The molecule has 8 nitrogen and oxygen atoms in total. The van der Waals surface area contributed by atoms with Crippen LogP contribution in [0.1, 0.15) is 24.2 Å². The van der Waals surface area contributed by atoms with Crippen molar-refractivity contribution in [1.82, 2.24) is 29.3 Å². The summed E-state index contributed by atoms with van der Waals surface area (Å²) in [5, 5.41) is 8.18. The highest BCUT2D eigenvalue weighted by molar-refractivity contribution is 7.89. The van der Waals surface area contributed by atoms with Gasteiger partial charge >= 0.3 is 0 Å². The fourth-order valence-electron chi connectivity index (χ4n) is 2.53. The molecule has 3 aromatic rings. The van der Waals surface area contributed by atoms with Crippen molar-refractivity contribution in [3.05, 3.63) is 53.3 Å². The molecule has 1 atom stereocenters. The zero-order valence-electron chi connectivity index (χ0n) is 13.9. The second kappa shape index (κ2) is 6.58. The van der Waals surface area contributed by atoms with E-state index in [-0.39, 0.29) is 10.0 Å². The Kier molecular flexibility index (Phi) is 4.63. The van der Waals surface area contributed by atoms with E-state index in [4.69, 9.17) is 11.6 Å². The summed E-state index contributed by atoms with van der Waals surface area (Å²) in [7, 11) is -2.20. The maximum absolute atomic E-state index is 12.7. The van der Waals surface area contributed by atoms with E-state index in [0.717, 1.165) is 11.3 Å². The normalized spacial score (nSPS) is 13.1. The maximum atomic E-state index is 12.7. The van der Waals surface area contributed by atoms with E-state index < -0.39 is 16.1 Å². The zero-order chi connectivity index (χ0) is 18.2. The molecule has 0 saturated carbocycles. The van der Waals surface area contributed by atoms with Crippen molar-refractivity contribution < 1.29 is 8.42 Å². The van der Waals surface area contributed by atoms with Crippen molar-refractivity contribution in [1.29, 1.82) is 0 Å². The first-order valence-electron chi connectivity index (χ1n) is 7.46. The Bertz CT molecular complexity index is 980. The van der Waals surface area contributed by atoms with Crippen molar-refractivity contribution in [2.75, 3.05) is 0 Å². The van der Waals surface area contributed by atoms with E-state index in [1.165, 1.54) is 11.0 Å². The van der Waals surface area contributed by atoms with Crippen LogP contribution in [0.2, 0.25) is 5.15 Å². The lowest BCUT2D eigenvalue weighted by Gasteiger charge is -2.15. The van der Waals surface area contributed by atoms with Gasteiger partial charge in [-0.2, -0.15) is 10.2 Å². The molecule has 3 rings (SSSR count). The molecule has 0 saturated heterocycles. The fourth-order valence-corrected chi connectivity index (χ4v) is 4.52. The van der Waals surface area contributed by atoms with Crippen LogP contribution in [0.15, 0.2) is 41.8 Å². The highest BCUT2D eigenvalue weighted by Crippen LogP contribution is 2.26. The third-order valence-corrected chi connectivity index (χ3v) is 6.01. The number of hydrogen-bond donors (Lipinski definition) is 1. The molecule has 2 aromatic heterocycles. The molecule has 2 heterocycles. The molecule has 1 unspecified atom stereocenters. The third kappa shape index (κ3) is 3.44. The van der Waals surface area contributed by atoms with Crippen LogP contribution in [-0.2, 0) is 17.1 Å². The molecule has 0 fully saturated rings. The summed E-state index contributed by atoms with van der Waals surface area (Å²) in [5.74, 6) is 0. The average Bonchev–Trinajstić information content (AvgIpc) is 3.16. The Morgan fingerprint density at radius 3 is 2.44 bits per heavy atom. The number of nitrogens with zero attached hydrogens (tertiary/aromatic N) is 5.